The first-order valence-corrected chi connectivity index (χ1v) is 6.51. The van der Waals surface area contributed by atoms with Crippen molar-refractivity contribution in [3.05, 3.63) is 0 Å². The van der Waals surface area contributed by atoms with Crippen LogP contribution in [0.15, 0.2) is 0 Å². The Bertz CT molecular complexity index is 316. The molecule has 2 N–H and O–H groups in total. The van der Waals surface area contributed by atoms with E-state index in [9.17, 15) is 9.59 Å². The van der Waals surface area contributed by atoms with Gasteiger partial charge in [-0.15, -0.1) is 0 Å². The SMILES string of the molecule is COCCN(CC1CCCN1)C1CC(=O)NC1=O. The van der Waals surface area contributed by atoms with E-state index in [2.05, 4.69) is 15.5 Å². The predicted octanol–water partition coefficient (Wildman–Crippen LogP) is -0.898. The molecule has 0 spiro atoms. The van der Waals surface area contributed by atoms with Gasteiger partial charge in [0, 0.05) is 26.2 Å². The molecule has 2 aliphatic rings. The second kappa shape index (κ2) is 6.26. The van der Waals surface area contributed by atoms with E-state index in [4.69, 9.17) is 4.74 Å². The van der Waals surface area contributed by atoms with E-state index in [1.807, 2.05) is 0 Å². The number of carbonyl (C=O) groups excluding carboxylic acids is 2. The van der Waals surface area contributed by atoms with E-state index in [1.54, 1.807) is 7.11 Å². The molecule has 2 rings (SSSR count). The monoisotopic (exact) mass is 255 g/mol. The predicted molar refractivity (Wildman–Crippen MR) is 66.0 cm³/mol. The van der Waals surface area contributed by atoms with E-state index in [1.165, 1.54) is 6.42 Å². The summed E-state index contributed by atoms with van der Waals surface area (Å²) in [5.74, 6) is -0.346. The molecule has 0 radical (unpaired) electrons. The molecule has 2 unspecified atom stereocenters. The van der Waals surface area contributed by atoms with Crippen LogP contribution in [0.4, 0.5) is 0 Å². The first kappa shape index (κ1) is 13.5. The molecule has 2 aliphatic heterocycles. The van der Waals surface area contributed by atoms with Gasteiger partial charge in [0.05, 0.1) is 19.1 Å². The Labute approximate surface area is 107 Å². The van der Waals surface area contributed by atoms with Crippen molar-refractivity contribution < 1.29 is 14.3 Å². The molecule has 102 valence electrons. The maximum Gasteiger partial charge on any atom is 0.244 e. The Morgan fingerprint density at radius 1 is 1.44 bits per heavy atom. The minimum absolute atomic E-state index is 0.172. The lowest BCUT2D eigenvalue weighted by molar-refractivity contribution is -0.126. The van der Waals surface area contributed by atoms with Crippen molar-refractivity contribution in [2.75, 3.05) is 33.4 Å². The number of methoxy groups -OCH3 is 1. The van der Waals surface area contributed by atoms with Crippen LogP contribution in [0.5, 0.6) is 0 Å². The van der Waals surface area contributed by atoms with Gasteiger partial charge in [-0.05, 0) is 19.4 Å². The van der Waals surface area contributed by atoms with Gasteiger partial charge in [-0.25, -0.2) is 0 Å². The average Bonchev–Trinajstić information content (AvgIpc) is 2.94. The van der Waals surface area contributed by atoms with E-state index >= 15 is 0 Å². The van der Waals surface area contributed by atoms with Crippen molar-refractivity contribution in [3.63, 3.8) is 0 Å². The van der Waals surface area contributed by atoms with E-state index in [0.29, 0.717) is 19.2 Å². The molecule has 0 saturated carbocycles. The normalized spacial score (nSPS) is 28.1. The van der Waals surface area contributed by atoms with Crippen LogP contribution < -0.4 is 10.6 Å². The smallest absolute Gasteiger partial charge is 0.244 e. The van der Waals surface area contributed by atoms with Crippen LogP contribution in [-0.4, -0.2) is 62.1 Å². The van der Waals surface area contributed by atoms with Crippen LogP contribution in [0.25, 0.3) is 0 Å². The first-order chi connectivity index (χ1) is 8.70. The van der Waals surface area contributed by atoms with Crippen LogP contribution in [0, 0.1) is 0 Å². The summed E-state index contributed by atoms with van der Waals surface area (Å²) in [5, 5.41) is 5.78. The third kappa shape index (κ3) is 3.28. The highest BCUT2D eigenvalue weighted by atomic mass is 16.5. The van der Waals surface area contributed by atoms with Crippen LogP contribution in [0.3, 0.4) is 0 Å². The van der Waals surface area contributed by atoms with Crippen molar-refractivity contribution in [3.8, 4) is 0 Å². The Morgan fingerprint density at radius 2 is 2.28 bits per heavy atom. The van der Waals surface area contributed by atoms with Crippen LogP contribution in [-0.2, 0) is 14.3 Å². The Hall–Kier alpha value is -0.980. The summed E-state index contributed by atoms with van der Waals surface area (Å²) in [6.45, 7) is 3.10. The number of rotatable bonds is 6. The van der Waals surface area contributed by atoms with Gasteiger partial charge in [-0.1, -0.05) is 0 Å². The van der Waals surface area contributed by atoms with E-state index in [-0.39, 0.29) is 24.3 Å². The Balaban J connectivity index is 1.94. The van der Waals surface area contributed by atoms with Gasteiger partial charge >= 0.3 is 0 Å². The lowest BCUT2D eigenvalue weighted by atomic mass is 10.1. The van der Waals surface area contributed by atoms with Crippen LogP contribution >= 0.6 is 0 Å². The summed E-state index contributed by atoms with van der Waals surface area (Å²) in [6.07, 6.45) is 2.58. The third-order valence-electron chi connectivity index (χ3n) is 3.58. The fraction of sp³-hybridized carbons (Fsp3) is 0.833. The molecule has 6 heteroatoms. The van der Waals surface area contributed by atoms with E-state index in [0.717, 1.165) is 19.5 Å². The van der Waals surface area contributed by atoms with Crippen molar-refractivity contribution >= 4 is 11.8 Å². The number of imide groups is 1. The highest BCUT2D eigenvalue weighted by molar-refractivity contribution is 6.05. The maximum atomic E-state index is 11.7. The number of hydrogen-bond acceptors (Lipinski definition) is 5. The summed E-state index contributed by atoms with van der Waals surface area (Å²) in [5.41, 5.74) is 0. The summed E-state index contributed by atoms with van der Waals surface area (Å²) >= 11 is 0. The van der Waals surface area contributed by atoms with Crippen molar-refractivity contribution in [2.24, 2.45) is 0 Å². The molecule has 2 fully saturated rings. The molecule has 2 heterocycles. The minimum Gasteiger partial charge on any atom is -0.383 e. The molecule has 0 aromatic heterocycles. The van der Waals surface area contributed by atoms with Crippen LogP contribution in [0.1, 0.15) is 19.3 Å². The van der Waals surface area contributed by atoms with Gasteiger partial charge in [-0.3, -0.25) is 19.8 Å². The second-order valence-corrected chi connectivity index (χ2v) is 4.91. The average molecular weight is 255 g/mol. The van der Waals surface area contributed by atoms with Crippen LogP contribution in [0.2, 0.25) is 0 Å². The van der Waals surface area contributed by atoms with Gasteiger partial charge < -0.3 is 10.1 Å². The zero-order valence-electron chi connectivity index (χ0n) is 10.8. The quantitative estimate of drug-likeness (QED) is 0.602. The summed E-state index contributed by atoms with van der Waals surface area (Å²) in [6, 6.07) is 0.0976. The highest BCUT2D eigenvalue weighted by Gasteiger charge is 2.36. The second-order valence-electron chi connectivity index (χ2n) is 4.91. The fourth-order valence-electron chi connectivity index (χ4n) is 2.61. The number of nitrogens with zero attached hydrogens (tertiary/aromatic N) is 1. The molecule has 0 bridgehead atoms. The van der Waals surface area contributed by atoms with Gasteiger partial charge in [0.25, 0.3) is 0 Å². The van der Waals surface area contributed by atoms with Gasteiger partial charge in [0.15, 0.2) is 0 Å². The molecule has 18 heavy (non-hydrogen) atoms. The molecule has 2 atom stereocenters. The van der Waals surface area contributed by atoms with Crippen molar-refractivity contribution in [1.82, 2.24) is 15.5 Å². The number of nitrogens with one attached hydrogen (secondary N) is 2. The molecule has 0 aliphatic carbocycles. The van der Waals surface area contributed by atoms with E-state index < -0.39 is 0 Å². The summed E-state index contributed by atoms with van der Waals surface area (Å²) in [7, 11) is 1.64. The molecule has 6 nitrogen and oxygen atoms in total. The summed E-state index contributed by atoms with van der Waals surface area (Å²) < 4.78 is 5.08. The molecule has 0 aromatic rings. The standard InChI is InChI=1S/C12H21N3O3/c1-18-6-5-15(8-9-3-2-4-13-9)10-7-11(16)14-12(10)17/h9-10,13H,2-8H2,1H3,(H,14,16,17). The zero-order chi connectivity index (χ0) is 13.0. The lowest BCUT2D eigenvalue weighted by Crippen LogP contribution is -2.47. The number of ether oxygens (including phenoxy) is 1. The first-order valence-electron chi connectivity index (χ1n) is 6.51. The largest absolute Gasteiger partial charge is 0.383 e. The molecule has 2 amide bonds. The minimum atomic E-state index is -0.324. The lowest BCUT2D eigenvalue weighted by Gasteiger charge is -2.28. The molecular weight excluding hydrogens is 234 g/mol. The molecular formula is C12H21N3O3. The fourth-order valence-corrected chi connectivity index (χ4v) is 2.61. The molecule has 0 aromatic carbocycles. The number of carbonyl (C=O) groups is 2. The van der Waals surface area contributed by atoms with Crippen molar-refractivity contribution in [2.45, 2.75) is 31.3 Å². The Morgan fingerprint density at radius 3 is 2.83 bits per heavy atom. The number of amides is 2. The van der Waals surface area contributed by atoms with Gasteiger partial charge in [0.1, 0.15) is 0 Å². The topological polar surface area (TPSA) is 70.7 Å². The highest BCUT2D eigenvalue weighted by Crippen LogP contribution is 2.14. The van der Waals surface area contributed by atoms with Gasteiger partial charge in [0.2, 0.25) is 11.8 Å². The van der Waals surface area contributed by atoms with Crippen molar-refractivity contribution in [1.29, 1.82) is 0 Å². The maximum absolute atomic E-state index is 11.7. The third-order valence-corrected chi connectivity index (χ3v) is 3.58. The summed E-state index contributed by atoms with van der Waals surface area (Å²) in [4.78, 5) is 25.1. The zero-order valence-corrected chi connectivity index (χ0v) is 10.8. The van der Waals surface area contributed by atoms with Gasteiger partial charge in [-0.2, -0.15) is 0 Å². The Kier molecular flexibility index (Phi) is 4.68. The number of hydrogen-bond donors (Lipinski definition) is 2. The molecule has 2 saturated heterocycles.